The Hall–Kier alpha value is -2.36. The number of anilines is 2. The fraction of sp³-hybridized carbons (Fsp3) is 0.188. The molecule has 0 fully saturated rings. The summed E-state index contributed by atoms with van der Waals surface area (Å²) in [6.45, 7) is 2.56. The van der Waals surface area contributed by atoms with Crippen molar-refractivity contribution in [1.29, 1.82) is 0 Å². The number of benzene rings is 2. The van der Waals surface area contributed by atoms with E-state index in [0.717, 1.165) is 29.9 Å². The maximum atomic E-state index is 13.4. The van der Waals surface area contributed by atoms with E-state index in [-0.39, 0.29) is 5.82 Å². The largest absolute Gasteiger partial charge is 0.478 e. The molecule has 20 heavy (non-hydrogen) atoms. The van der Waals surface area contributed by atoms with Gasteiger partial charge in [-0.2, -0.15) is 0 Å². The van der Waals surface area contributed by atoms with Crippen LogP contribution in [0.4, 0.5) is 15.8 Å². The molecule has 102 valence electrons. The monoisotopic (exact) mass is 271 g/mol. The lowest BCUT2D eigenvalue weighted by Gasteiger charge is -2.20. The normalized spacial score (nSPS) is 13.4. The van der Waals surface area contributed by atoms with E-state index < -0.39 is 5.97 Å². The molecule has 0 saturated carbocycles. The molecule has 1 N–H and O–H groups in total. The summed E-state index contributed by atoms with van der Waals surface area (Å²) in [5, 5.41) is 9.05. The fourth-order valence-electron chi connectivity index (χ4n) is 2.68. The number of carboxylic acid groups (broad SMARTS) is 1. The minimum absolute atomic E-state index is 0.255. The van der Waals surface area contributed by atoms with E-state index in [0.29, 0.717) is 11.1 Å². The van der Waals surface area contributed by atoms with Gasteiger partial charge < -0.3 is 10.0 Å². The summed E-state index contributed by atoms with van der Waals surface area (Å²) in [5.74, 6) is -1.18. The van der Waals surface area contributed by atoms with E-state index in [1.54, 1.807) is 19.1 Å². The molecule has 0 spiro atoms. The lowest BCUT2D eigenvalue weighted by Crippen LogP contribution is -2.14. The van der Waals surface area contributed by atoms with Crippen molar-refractivity contribution in [1.82, 2.24) is 0 Å². The van der Waals surface area contributed by atoms with E-state index >= 15 is 0 Å². The fourth-order valence-corrected chi connectivity index (χ4v) is 2.68. The molecule has 4 heteroatoms. The smallest absolute Gasteiger partial charge is 0.335 e. The standard InChI is InChI=1S/C16H14FNO2/c1-10-8-13(4-5-14(10)16(19)20)18-7-6-11-2-3-12(17)9-15(11)18/h2-5,8-9H,6-7H2,1H3,(H,19,20). The first-order valence-corrected chi connectivity index (χ1v) is 6.46. The van der Waals surface area contributed by atoms with Gasteiger partial charge in [-0.1, -0.05) is 6.07 Å². The molecule has 0 saturated heterocycles. The van der Waals surface area contributed by atoms with Gasteiger partial charge in [0.2, 0.25) is 0 Å². The SMILES string of the molecule is Cc1cc(N2CCc3ccc(F)cc32)ccc1C(=O)O. The number of nitrogens with zero attached hydrogens (tertiary/aromatic N) is 1. The summed E-state index contributed by atoms with van der Waals surface area (Å²) in [6.07, 6.45) is 0.870. The van der Waals surface area contributed by atoms with Gasteiger partial charge in [-0.05, 0) is 54.8 Å². The van der Waals surface area contributed by atoms with E-state index in [9.17, 15) is 9.18 Å². The summed E-state index contributed by atoms with van der Waals surface area (Å²) in [6, 6.07) is 10.0. The van der Waals surface area contributed by atoms with Crippen LogP contribution < -0.4 is 4.90 Å². The number of carbonyl (C=O) groups is 1. The molecule has 1 aliphatic rings. The number of halogens is 1. The average molecular weight is 271 g/mol. The zero-order valence-corrected chi connectivity index (χ0v) is 11.1. The van der Waals surface area contributed by atoms with E-state index in [4.69, 9.17) is 5.11 Å². The number of rotatable bonds is 2. The summed E-state index contributed by atoms with van der Waals surface area (Å²) in [7, 11) is 0. The van der Waals surface area contributed by atoms with E-state index in [1.807, 2.05) is 17.0 Å². The van der Waals surface area contributed by atoms with Gasteiger partial charge in [0.05, 0.1) is 5.56 Å². The Morgan fingerprint density at radius 1 is 1.25 bits per heavy atom. The number of aromatic carboxylic acids is 1. The summed E-state index contributed by atoms with van der Waals surface area (Å²) >= 11 is 0. The minimum atomic E-state index is -0.929. The first-order chi connectivity index (χ1) is 9.56. The van der Waals surface area contributed by atoms with Crippen molar-refractivity contribution in [2.24, 2.45) is 0 Å². The number of hydrogen-bond donors (Lipinski definition) is 1. The summed E-state index contributed by atoms with van der Waals surface area (Å²) in [4.78, 5) is 13.1. The Balaban J connectivity index is 2.02. The molecule has 2 aromatic carbocycles. The maximum Gasteiger partial charge on any atom is 0.335 e. The van der Waals surface area contributed by atoms with Crippen molar-refractivity contribution in [3.63, 3.8) is 0 Å². The third-order valence-electron chi connectivity index (χ3n) is 3.69. The third-order valence-corrected chi connectivity index (χ3v) is 3.69. The molecule has 0 amide bonds. The summed E-state index contributed by atoms with van der Waals surface area (Å²) < 4.78 is 13.4. The number of carboxylic acids is 1. The highest BCUT2D eigenvalue weighted by Gasteiger charge is 2.21. The molecular formula is C16H14FNO2. The first kappa shape index (κ1) is 12.7. The Kier molecular flexibility index (Phi) is 2.93. The highest BCUT2D eigenvalue weighted by molar-refractivity contribution is 5.90. The molecule has 3 nitrogen and oxygen atoms in total. The molecule has 0 aromatic heterocycles. The highest BCUT2D eigenvalue weighted by atomic mass is 19.1. The lowest BCUT2D eigenvalue weighted by atomic mass is 10.1. The maximum absolute atomic E-state index is 13.4. The molecule has 0 aliphatic carbocycles. The molecule has 2 aromatic rings. The van der Waals surface area contributed by atoms with Crippen LogP contribution in [0.5, 0.6) is 0 Å². The highest BCUT2D eigenvalue weighted by Crippen LogP contribution is 2.35. The van der Waals surface area contributed by atoms with Crippen LogP contribution in [-0.2, 0) is 6.42 Å². The van der Waals surface area contributed by atoms with Gasteiger partial charge in [-0.15, -0.1) is 0 Å². The van der Waals surface area contributed by atoms with Gasteiger partial charge >= 0.3 is 5.97 Å². The molecule has 3 rings (SSSR count). The van der Waals surface area contributed by atoms with Crippen LogP contribution >= 0.6 is 0 Å². The second kappa shape index (κ2) is 4.63. The first-order valence-electron chi connectivity index (χ1n) is 6.46. The third kappa shape index (κ3) is 2.03. The van der Waals surface area contributed by atoms with Crippen molar-refractivity contribution in [2.45, 2.75) is 13.3 Å². The van der Waals surface area contributed by atoms with Gasteiger partial charge in [-0.25, -0.2) is 9.18 Å². The predicted octanol–water partition coefficient (Wildman–Crippen LogP) is 3.53. The number of fused-ring (bicyclic) bond motifs is 1. The van der Waals surface area contributed by atoms with Gasteiger partial charge in [0, 0.05) is 17.9 Å². The molecule has 1 aliphatic heterocycles. The van der Waals surface area contributed by atoms with Crippen LogP contribution in [-0.4, -0.2) is 17.6 Å². The zero-order chi connectivity index (χ0) is 14.3. The second-order valence-electron chi connectivity index (χ2n) is 4.98. The molecule has 0 unspecified atom stereocenters. The Morgan fingerprint density at radius 2 is 2.05 bits per heavy atom. The van der Waals surface area contributed by atoms with Crippen LogP contribution in [0.15, 0.2) is 36.4 Å². The van der Waals surface area contributed by atoms with Crippen LogP contribution in [0.3, 0.4) is 0 Å². The van der Waals surface area contributed by atoms with Gasteiger partial charge in [0.1, 0.15) is 5.82 Å². The van der Waals surface area contributed by atoms with Crippen LogP contribution in [0.1, 0.15) is 21.5 Å². The topological polar surface area (TPSA) is 40.5 Å². The Bertz CT molecular complexity index is 697. The van der Waals surface area contributed by atoms with Crippen molar-refractivity contribution < 1.29 is 14.3 Å². The predicted molar refractivity (Wildman–Crippen MR) is 75.2 cm³/mol. The Labute approximate surface area is 116 Å². The lowest BCUT2D eigenvalue weighted by molar-refractivity contribution is 0.0696. The van der Waals surface area contributed by atoms with Gasteiger partial charge in [0.25, 0.3) is 0 Å². The van der Waals surface area contributed by atoms with Crippen LogP contribution in [0, 0.1) is 12.7 Å². The van der Waals surface area contributed by atoms with Crippen LogP contribution in [0.25, 0.3) is 0 Å². The Morgan fingerprint density at radius 3 is 2.75 bits per heavy atom. The molecule has 0 bridgehead atoms. The van der Waals surface area contributed by atoms with E-state index in [1.165, 1.54) is 12.1 Å². The number of hydrogen-bond acceptors (Lipinski definition) is 2. The second-order valence-corrected chi connectivity index (χ2v) is 4.98. The van der Waals surface area contributed by atoms with E-state index in [2.05, 4.69) is 0 Å². The molecule has 0 atom stereocenters. The minimum Gasteiger partial charge on any atom is -0.478 e. The quantitative estimate of drug-likeness (QED) is 0.908. The van der Waals surface area contributed by atoms with Crippen molar-refractivity contribution in [2.75, 3.05) is 11.4 Å². The van der Waals surface area contributed by atoms with Crippen molar-refractivity contribution in [3.8, 4) is 0 Å². The van der Waals surface area contributed by atoms with Crippen LogP contribution in [0.2, 0.25) is 0 Å². The molecular weight excluding hydrogens is 257 g/mol. The van der Waals surface area contributed by atoms with Gasteiger partial charge in [-0.3, -0.25) is 0 Å². The molecule has 1 heterocycles. The van der Waals surface area contributed by atoms with Gasteiger partial charge in [0.15, 0.2) is 0 Å². The molecule has 0 radical (unpaired) electrons. The van der Waals surface area contributed by atoms with Crippen molar-refractivity contribution in [3.05, 3.63) is 58.9 Å². The average Bonchev–Trinajstić information content (AvgIpc) is 2.81. The van der Waals surface area contributed by atoms with Crippen molar-refractivity contribution >= 4 is 17.3 Å². The summed E-state index contributed by atoms with van der Waals surface area (Å²) in [5.41, 5.74) is 3.89. The zero-order valence-electron chi connectivity index (χ0n) is 11.1. The number of aryl methyl sites for hydroxylation is 1.